The molecular formula is C21H24O8. The number of carbonyl (C=O) groups is 2. The molecule has 0 aromatic heterocycles. The van der Waals surface area contributed by atoms with Gasteiger partial charge in [-0.25, -0.2) is 0 Å². The third kappa shape index (κ3) is 6.01. The number of benzene rings is 2. The quantitative estimate of drug-likeness (QED) is 0.251. The van der Waals surface area contributed by atoms with E-state index in [9.17, 15) is 30.0 Å². The lowest BCUT2D eigenvalue weighted by Gasteiger charge is -2.26. The summed E-state index contributed by atoms with van der Waals surface area (Å²) in [6.07, 6.45) is -8.68. The van der Waals surface area contributed by atoms with Gasteiger partial charge in [-0.2, -0.15) is 0 Å². The number of hydrogen-bond acceptors (Lipinski definition) is 8. The van der Waals surface area contributed by atoms with E-state index in [1.807, 2.05) is 0 Å². The molecule has 29 heavy (non-hydrogen) atoms. The first-order chi connectivity index (χ1) is 13.9. The van der Waals surface area contributed by atoms with E-state index in [-0.39, 0.29) is 11.1 Å². The first kappa shape index (κ1) is 22.8. The third-order valence-corrected chi connectivity index (χ3v) is 4.35. The van der Waals surface area contributed by atoms with Crippen molar-refractivity contribution in [3.8, 4) is 0 Å². The van der Waals surface area contributed by atoms with Gasteiger partial charge >= 0.3 is 0 Å². The lowest BCUT2D eigenvalue weighted by atomic mass is 9.98. The molecule has 0 saturated heterocycles. The first-order valence-electron chi connectivity index (χ1n) is 9.00. The second kappa shape index (κ2) is 10.9. The van der Waals surface area contributed by atoms with Crippen molar-refractivity contribution in [3.63, 3.8) is 0 Å². The van der Waals surface area contributed by atoms with Crippen LogP contribution in [0.2, 0.25) is 0 Å². The van der Waals surface area contributed by atoms with E-state index in [0.29, 0.717) is 0 Å². The Morgan fingerprint density at radius 3 is 1.55 bits per heavy atom. The molecule has 0 heterocycles. The van der Waals surface area contributed by atoms with Crippen LogP contribution in [-0.2, 0) is 4.74 Å². The average molecular weight is 404 g/mol. The minimum atomic E-state index is -1.86. The van der Waals surface area contributed by atoms with Gasteiger partial charge in [0.1, 0.15) is 24.4 Å². The van der Waals surface area contributed by atoms with Crippen molar-refractivity contribution in [1.82, 2.24) is 0 Å². The summed E-state index contributed by atoms with van der Waals surface area (Å²) in [7, 11) is 0. The normalized spacial score (nSPS) is 15.5. The fourth-order valence-electron chi connectivity index (χ4n) is 2.63. The number of hydrogen-bond donors (Lipinski definition) is 5. The Morgan fingerprint density at radius 1 is 0.724 bits per heavy atom. The topological polar surface area (TPSA) is 145 Å². The van der Waals surface area contributed by atoms with Crippen LogP contribution in [0.25, 0.3) is 0 Å². The SMILES string of the molecule is O=C(c1ccccc1)C(OCC(O)C(O)C(O)C(O)CO)C(=O)c1ccccc1. The van der Waals surface area contributed by atoms with Gasteiger partial charge in [0.15, 0.2) is 17.7 Å². The Hall–Kier alpha value is -2.46. The van der Waals surface area contributed by atoms with Crippen molar-refractivity contribution in [2.75, 3.05) is 13.2 Å². The standard InChI is InChI=1S/C21H24O8/c22-11-15(23)19(27)20(28)16(24)12-29-21(17(25)13-7-3-1-4-8-13)18(26)14-9-5-2-6-10-14/h1-10,15-16,19-24,27-28H,11-12H2. The summed E-state index contributed by atoms with van der Waals surface area (Å²) in [5.41, 5.74) is 0.458. The van der Waals surface area contributed by atoms with Crippen molar-refractivity contribution < 1.29 is 39.9 Å². The number of ether oxygens (including phenoxy) is 1. The third-order valence-electron chi connectivity index (χ3n) is 4.35. The average Bonchev–Trinajstić information content (AvgIpc) is 2.78. The van der Waals surface area contributed by atoms with Crippen LogP contribution in [0, 0.1) is 0 Å². The predicted octanol–water partition coefficient (Wildman–Crippen LogP) is -0.427. The maximum Gasteiger partial charge on any atom is 0.199 e. The molecule has 0 radical (unpaired) electrons. The van der Waals surface area contributed by atoms with Crippen molar-refractivity contribution in [1.29, 1.82) is 0 Å². The molecule has 2 aromatic carbocycles. The van der Waals surface area contributed by atoms with Crippen molar-refractivity contribution in [3.05, 3.63) is 71.8 Å². The second-order valence-corrected chi connectivity index (χ2v) is 6.47. The van der Waals surface area contributed by atoms with Gasteiger partial charge in [0.2, 0.25) is 0 Å². The van der Waals surface area contributed by atoms with Gasteiger partial charge in [-0.15, -0.1) is 0 Å². The van der Waals surface area contributed by atoms with E-state index in [0.717, 1.165) is 0 Å². The van der Waals surface area contributed by atoms with E-state index in [2.05, 4.69) is 0 Å². The molecular weight excluding hydrogens is 380 g/mol. The molecule has 2 rings (SSSR count). The molecule has 5 N–H and O–H groups in total. The van der Waals surface area contributed by atoms with Gasteiger partial charge in [-0.05, 0) is 0 Å². The molecule has 0 aliphatic carbocycles. The zero-order valence-electron chi connectivity index (χ0n) is 15.5. The summed E-state index contributed by atoms with van der Waals surface area (Å²) >= 11 is 0. The Balaban J connectivity index is 2.17. The molecule has 0 aliphatic heterocycles. The molecule has 0 saturated carbocycles. The van der Waals surface area contributed by atoms with Gasteiger partial charge < -0.3 is 30.3 Å². The minimum absolute atomic E-state index is 0.229. The van der Waals surface area contributed by atoms with E-state index < -0.39 is 55.3 Å². The number of Topliss-reactive ketones (excluding diaryl/α,β-unsaturated/α-hetero) is 2. The molecule has 8 heteroatoms. The molecule has 4 atom stereocenters. The van der Waals surface area contributed by atoms with Crippen LogP contribution in [0.15, 0.2) is 60.7 Å². The number of ketones is 2. The van der Waals surface area contributed by atoms with Crippen molar-refractivity contribution >= 4 is 11.6 Å². The summed E-state index contributed by atoms with van der Waals surface area (Å²) < 4.78 is 5.36. The number of carbonyl (C=O) groups excluding carboxylic acids is 2. The molecule has 0 spiro atoms. The molecule has 2 aromatic rings. The lowest BCUT2D eigenvalue weighted by molar-refractivity contribution is -0.130. The molecule has 0 fully saturated rings. The molecule has 0 bridgehead atoms. The van der Waals surface area contributed by atoms with Crippen LogP contribution >= 0.6 is 0 Å². The van der Waals surface area contributed by atoms with E-state index in [1.165, 1.54) is 24.3 Å². The largest absolute Gasteiger partial charge is 0.394 e. The Kier molecular flexibility index (Phi) is 8.59. The second-order valence-electron chi connectivity index (χ2n) is 6.47. The van der Waals surface area contributed by atoms with Crippen LogP contribution in [0.3, 0.4) is 0 Å². The van der Waals surface area contributed by atoms with Gasteiger partial charge in [0.05, 0.1) is 13.2 Å². The summed E-state index contributed by atoms with van der Waals surface area (Å²) in [5, 5.41) is 47.8. The van der Waals surface area contributed by atoms with E-state index >= 15 is 0 Å². The summed E-state index contributed by atoms with van der Waals surface area (Å²) in [6.45, 7) is -1.49. The van der Waals surface area contributed by atoms with Gasteiger partial charge in [-0.1, -0.05) is 60.7 Å². The lowest BCUT2D eigenvalue weighted by Crippen LogP contribution is -2.48. The van der Waals surface area contributed by atoms with Crippen LogP contribution in [0.5, 0.6) is 0 Å². The molecule has 156 valence electrons. The maximum atomic E-state index is 12.8. The fourth-order valence-corrected chi connectivity index (χ4v) is 2.63. The Morgan fingerprint density at radius 2 is 1.14 bits per heavy atom. The Labute approximate surface area is 167 Å². The molecule has 4 unspecified atom stereocenters. The van der Waals surface area contributed by atoms with Gasteiger partial charge in [-0.3, -0.25) is 9.59 Å². The van der Waals surface area contributed by atoms with Crippen LogP contribution < -0.4 is 0 Å². The van der Waals surface area contributed by atoms with Crippen LogP contribution in [0.1, 0.15) is 20.7 Å². The van der Waals surface area contributed by atoms with Gasteiger partial charge in [0.25, 0.3) is 0 Å². The van der Waals surface area contributed by atoms with Gasteiger partial charge in [0, 0.05) is 11.1 Å². The zero-order chi connectivity index (χ0) is 21.4. The fraction of sp³-hybridized carbons (Fsp3) is 0.333. The predicted molar refractivity (Wildman–Crippen MR) is 102 cm³/mol. The molecule has 0 aliphatic rings. The van der Waals surface area contributed by atoms with Crippen molar-refractivity contribution in [2.24, 2.45) is 0 Å². The highest BCUT2D eigenvalue weighted by Gasteiger charge is 2.34. The zero-order valence-corrected chi connectivity index (χ0v) is 15.5. The summed E-state index contributed by atoms with van der Waals surface area (Å²) in [4.78, 5) is 25.6. The highest BCUT2D eigenvalue weighted by Crippen LogP contribution is 2.14. The maximum absolute atomic E-state index is 12.8. The van der Waals surface area contributed by atoms with E-state index in [4.69, 9.17) is 9.84 Å². The van der Waals surface area contributed by atoms with E-state index in [1.54, 1.807) is 36.4 Å². The smallest absolute Gasteiger partial charge is 0.199 e. The molecule has 0 amide bonds. The van der Waals surface area contributed by atoms with Crippen molar-refractivity contribution in [2.45, 2.75) is 30.5 Å². The number of rotatable bonds is 11. The first-order valence-corrected chi connectivity index (χ1v) is 9.00. The number of aliphatic hydroxyl groups is 5. The highest BCUT2D eigenvalue weighted by molar-refractivity contribution is 6.18. The monoisotopic (exact) mass is 404 g/mol. The summed E-state index contributed by atoms with van der Waals surface area (Å²) in [6, 6.07) is 16.0. The Bertz CT molecular complexity index is 728. The summed E-state index contributed by atoms with van der Waals surface area (Å²) in [5.74, 6) is -1.26. The van der Waals surface area contributed by atoms with Crippen LogP contribution in [-0.4, -0.2) is 80.8 Å². The highest BCUT2D eigenvalue weighted by atomic mass is 16.5. The van der Waals surface area contributed by atoms with Crippen LogP contribution in [0.4, 0.5) is 0 Å². The molecule has 8 nitrogen and oxygen atoms in total. The number of aliphatic hydroxyl groups excluding tert-OH is 5. The minimum Gasteiger partial charge on any atom is -0.394 e.